The molecule has 7 heteroatoms. The van der Waals surface area contributed by atoms with E-state index in [9.17, 15) is 13.2 Å². The quantitative estimate of drug-likeness (QED) is 0.828. The van der Waals surface area contributed by atoms with Crippen LogP contribution in [-0.2, 0) is 21.4 Å². The maximum absolute atomic E-state index is 12.7. The topological polar surface area (TPSA) is 69.7 Å². The molecule has 0 aromatic heterocycles. The fourth-order valence-corrected chi connectivity index (χ4v) is 4.43. The van der Waals surface area contributed by atoms with Crippen LogP contribution in [0.25, 0.3) is 0 Å². The number of rotatable bonds is 6. The fraction of sp³-hybridized carbons (Fsp3) is 0.350. The minimum atomic E-state index is -3.78. The van der Waals surface area contributed by atoms with Crippen molar-refractivity contribution in [3.05, 3.63) is 65.7 Å². The molecule has 0 aliphatic heterocycles. The van der Waals surface area contributed by atoms with Gasteiger partial charge in [-0.2, -0.15) is 12.7 Å². The highest BCUT2D eigenvalue weighted by Gasteiger charge is 2.29. The molecule has 6 nitrogen and oxygen atoms in total. The van der Waals surface area contributed by atoms with Crippen molar-refractivity contribution in [3.63, 3.8) is 0 Å². The van der Waals surface area contributed by atoms with Crippen molar-refractivity contribution in [1.82, 2.24) is 9.62 Å². The number of carbonyl (C=O) groups is 1. The van der Waals surface area contributed by atoms with Crippen LogP contribution in [0.4, 0.5) is 5.69 Å². The number of anilines is 1. The second kappa shape index (κ2) is 8.10. The molecule has 0 radical (unpaired) electrons. The lowest BCUT2D eigenvalue weighted by atomic mass is 9.88. The van der Waals surface area contributed by atoms with Gasteiger partial charge in [-0.3, -0.25) is 4.79 Å². The van der Waals surface area contributed by atoms with Crippen molar-refractivity contribution in [2.24, 2.45) is 0 Å². The van der Waals surface area contributed by atoms with Crippen LogP contribution in [0, 0.1) is 0 Å². The molecular weight excluding hydrogens is 362 g/mol. The highest BCUT2D eigenvalue weighted by Crippen LogP contribution is 2.29. The zero-order valence-electron chi connectivity index (χ0n) is 15.6. The summed E-state index contributed by atoms with van der Waals surface area (Å²) in [4.78, 5) is 12.7. The lowest BCUT2D eigenvalue weighted by molar-refractivity contribution is -0.120. The molecule has 0 unspecified atom stereocenters. The summed E-state index contributed by atoms with van der Waals surface area (Å²) in [6, 6.07) is 16.7. The second-order valence-electron chi connectivity index (χ2n) is 6.84. The summed E-state index contributed by atoms with van der Waals surface area (Å²) in [7, 11) is -0.865. The lowest BCUT2D eigenvalue weighted by Gasteiger charge is -2.29. The first-order valence-electron chi connectivity index (χ1n) is 9.02. The molecule has 1 N–H and O–H groups in total. The summed E-state index contributed by atoms with van der Waals surface area (Å²) in [5.41, 5.74) is 2.83. The third kappa shape index (κ3) is 4.31. The number of nitrogens with zero attached hydrogens (tertiary/aromatic N) is 2. The Labute approximate surface area is 161 Å². The van der Waals surface area contributed by atoms with Crippen LogP contribution in [0.2, 0.25) is 0 Å². The molecule has 0 spiro atoms. The van der Waals surface area contributed by atoms with Crippen molar-refractivity contribution < 1.29 is 13.2 Å². The molecule has 144 valence electrons. The smallest absolute Gasteiger partial charge is 0.304 e. The van der Waals surface area contributed by atoms with Crippen molar-refractivity contribution in [3.8, 4) is 0 Å². The highest BCUT2D eigenvalue weighted by molar-refractivity contribution is 7.90. The molecule has 2 aromatic rings. The molecule has 0 fully saturated rings. The first-order valence-corrected chi connectivity index (χ1v) is 10.4. The van der Waals surface area contributed by atoms with E-state index in [2.05, 4.69) is 11.4 Å². The van der Waals surface area contributed by atoms with Gasteiger partial charge in [-0.25, -0.2) is 4.31 Å². The van der Waals surface area contributed by atoms with Gasteiger partial charge < -0.3 is 5.32 Å². The zero-order chi connectivity index (χ0) is 19.4. The molecule has 3 rings (SSSR count). The molecule has 1 atom stereocenters. The van der Waals surface area contributed by atoms with Crippen LogP contribution in [0.1, 0.15) is 30.0 Å². The van der Waals surface area contributed by atoms with Gasteiger partial charge in [-0.15, -0.1) is 0 Å². The summed E-state index contributed by atoms with van der Waals surface area (Å²) in [5.74, 6) is -0.314. The maximum Gasteiger partial charge on any atom is 0.304 e. The van der Waals surface area contributed by atoms with Gasteiger partial charge in [0.2, 0.25) is 5.91 Å². The molecule has 0 saturated carbocycles. The summed E-state index contributed by atoms with van der Waals surface area (Å²) in [5, 5.41) is 3.02. The molecule has 1 aliphatic carbocycles. The average Bonchev–Trinajstić information content (AvgIpc) is 2.67. The number of aryl methyl sites for hydroxylation is 1. The van der Waals surface area contributed by atoms with Crippen LogP contribution in [0.3, 0.4) is 0 Å². The van der Waals surface area contributed by atoms with E-state index in [1.807, 2.05) is 24.3 Å². The molecule has 0 saturated heterocycles. The van der Waals surface area contributed by atoms with Gasteiger partial charge in [0.05, 0.1) is 11.7 Å². The predicted octanol–water partition coefficient (Wildman–Crippen LogP) is 2.49. The van der Waals surface area contributed by atoms with Crippen LogP contribution in [0.15, 0.2) is 54.6 Å². The largest absolute Gasteiger partial charge is 0.348 e. The number of hydrogen-bond acceptors (Lipinski definition) is 3. The maximum atomic E-state index is 12.7. The molecule has 27 heavy (non-hydrogen) atoms. The third-order valence-corrected chi connectivity index (χ3v) is 6.60. The van der Waals surface area contributed by atoms with E-state index in [-0.39, 0.29) is 18.5 Å². The first kappa shape index (κ1) is 19.4. The van der Waals surface area contributed by atoms with Crippen molar-refractivity contribution in [2.45, 2.75) is 25.3 Å². The van der Waals surface area contributed by atoms with Crippen LogP contribution >= 0.6 is 0 Å². The Morgan fingerprint density at radius 3 is 2.44 bits per heavy atom. The summed E-state index contributed by atoms with van der Waals surface area (Å²) >= 11 is 0. The van der Waals surface area contributed by atoms with Crippen molar-refractivity contribution in [1.29, 1.82) is 0 Å². The molecule has 0 bridgehead atoms. The Balaban J connectivity index is 1.80. The minimum Gasteiger partial charge on any atom is -0.348 e. The standard InChI is InChI=1S/C20H25N3O3S/c1-22(2)27(25,26)23(17-11-4-3-5-12-17)15-20(24)21-19-14-8-10-16-9-6-7-13-18(16)19/h3-7,9,11-13,19H,8,10,14-15H2,1-2H3,(H,21,24)/t19-/m0/s1. The number of hydrogen-bond donors (Lipinski definition) is 1. The van der Waals surface area contributed by atoms with Crippen molar-refractivity contribution >= 4 is 21.8 Å². The molecular formula is C20H25N3O3S. The fourth-order valence-electron chi connectivity index (χ4n) is 3.37. The number of carbonyl (C=O) groups excluding carboxylic acids is 1. The van der Waals surface area contributed by atoms with Crippen LogP contribution in [-0.4, -0.2) is 39.3 Å². The first-order chi connectivity index (χ1) is 12.9. The Bertz CT molecular complexity index is 898. The highest BCUT2D eigenvalue weighted by atomic mass is 32.2. The van der Waals surface area contributed by atoms with Gasteiger partial charge in [0.1, 0.15) is 6.54 Å². The van der Waals surface area contributed by atoms with E-state index in [1.54, 1.807) is 24.3 Å². The van der Waals surface area contributed by atoms with E-state index in [4.69, 9.17) is 0 Å². The summed E-state index contributed by atoms with van der Waals surface area (Å²) in [6.45, 7) is -0.261. The molecule has 1 amide bonds. The monoisotopic (exact) mass is 387 g/mol. The Morgan fingerprint density at radius 1 is 1.07 bits per heavy atom. The van der Waals surface area contributed by atoms with Gasteiger partial charge in [0, 0.05) is 14.1 Å². The van der Waals surface area contributed by atoms with Gasteiger partial charge in [-0.1, -0.05) is 42.5 Å². The SMILES string of the molecule is CN(C)S(=O)(=O)N(CC(=O)N[C@H]1CCCc2ccccc21)c1ccccc1. The number of nitrogens with one attached hydrogen (secondary N) is 1. The molecule has 2 aromatic carbocycles. The number of para-hydroxylation sites is 1. The van der Waals surface area contributed by atoms with E-state index < -0.39 is 10.2 Å². The minimum absolute atomic E-state index is 0.0814. The Kier molecular flexibility index (Phi) is 5.82. The Morgan fingerprint density at radius 2 is 1.74 bits per heavy atom. The van der Waals surface area contributed by atoms with Gasteiger partial charge >= 0.3 is 10.2 Å². The van der Waals surface area contributed by atoms with Crippen molar-refractivity contribution in [2.75, 3.05) is 24.9 Å². The second-order valence-corrected chi connectivity index (χ2v) is 8.91. The Hall–Kier alpha value is -2.38. The number of fused-ring (bicyclic) bond motifs is 1. The third-order valence-electron chi connectivity index (χ3n) is 4.78. The number of amides is 1. The summed E-state index contributed by atoms with van der Waals surface area (Å²) < 4.78 is 27.7. The average molecular weight is 388 g/mol. The van der Waals surface area contributed by atoms with Crippen LogP contribution < -0.4 is 9.62 Å². The van der Waals surface area contributed by atoms with Gasteiger partial charge in [0.25, 0.3) is 0 Å². The van der Waals surface area contributed by atoms with E-state index in [0.29, 0.717) is 5.69 Å². The van der Waals surface area contributed by atoms with E-state index >= 15 is 0 Å². The van der Waals surface area contributed by atoms with E-state index in [1.165, 1.54) is 19.7 Å². The predicted molar refractivity (Wildman–Crippen MR) is 107 cm³/mol. The van der Waals surface area contributed by atoms with Crippen LogP contribution in [0.5, 0.6) is 0 Å². The normalized spacial score (nSPS) is 16.6. The lowest BCUT2D eigenvalue weighted by Crippen LogP contribution is -2.46. The zero-order valence-corrected chi connectivity index (χ0v) is 16.4. The molecule has 0 heterocycles. The van der Waals surface area contributed by atoms with Gasteiger partial charge in [-0.05, 0) is 42.5 Å². The summed E-state index contributed by atoms with van der Waals surface area (Å²) in [6.07, 6.45) is 2.86. The van der Waals surface area contributed by atoms with E-state index in [0.717, 1.165) is 33.4 Å². The van der Waals surface area contributed by atoms with Gasteiger partial charge in [0.15, 0.2) is 0 Å². The number of benzene rings is 2. The molecule has 1 aliphatic rings.